The number of rotatable bonds is 3. The number of hydrogen-bond acceptors (Lipinski definition) is 2. The summed E-state index contributed by atoms with van der Waals surface area (Å²) in [5.41, 5.74) is 5.87. The zero-order valence-electron chi connectivity index (χ0n) is 21.9. The summed E-state index contributed by atoms with van der Waals surface area (Å²) in [6.45, 7) is 14.3. The highest BCUT2D eigenvalue weighted by Gasteiger charge is 2.41. The molecule has 0 bridgehead atoms. The molecular weight excluding hydrogens is 489 g/mol. The number of benzene rings is 4. The van der Waals surface area contributed by atoms with E-state index in [4.69, 9.17) is 0 Å². The van der Waals surface area contributed by atoms with E-state index in [2.05, 4.69) is 119 Å². The van der Waals surface area contributed by atoms with Crippen LogP contribution in [0.25, 0.3) is 52.5 Å². The van der Waals surface area contributed by atoms with Crippen LogP contribution in [0.1, 0.15) is 46.4 Å². The lowest BCUT2D eigenvalue weighted by atomic mass is 9.95. The first-order valence-electron chi connectivity index (χ1n) is 13.0. The summed E-state index contributed by atoms with van der Waals surface area (Å²) >= 11 is 3.66. The molecule has 4 aromatic carbocycles. The Morgan fingerprint density at radius 2 is 1.03 bits per heavy atom. The molecule has 0 N–H and O–H groups in total. The van der Waals surface area contributed by atoms with Crippen molar-refractivity contribution in [1.82, 2.24) is 0 Å². The van der Waals surface area contributed by atoms with Crippen LogP contribution < -0.4 is 0 Å². The van der Waals surface area contributed by atoms with Crippen LogP contribution in [0.5, 0.6) is 0 Å². The Morgan fingerprint density at radius 1 is 0.556 bits per heavy atom. The Labute approximate surface area is 223 Å². The molecule has 0 nitrogen and oxygen atoms in total. The minimum absolute atomic E-state index is 0.650. The van der Waals surface area contributed by atoms with Crippen LogP contribution in [0.15, 0.2) is 66.0 Å². The molecule has 0 atom stereocenters. The summed E-state index contributed by atoms with van der Waals surface area (Å²) in [6.07, 6.45) is 0. The lowest BCUT2D eigenvalue weighted by Crippen LogP contribution is -2.43. The predicted octanol–water partition coefficient (Wildman–Crippen LogP) is 11.1. The van der Waals surface area contributed by atoms with E-state index in [1.807, 2.05) is 22.7 Å². The zero-order valence-corrected chi connectivity index (χ0v) is 24.5. The van der Waals surface area contributed by atoms with Gasteiger partial charge >= 0.3 is 0 Å². The highest BCUT2D eigenvalue weighted by atomic mass is 32.1. The van der Waals surface area contributed by atoms with E-state index in [1.54, 1.807) is 0 Å². The second-order valence-electron chi connectivity index (χ2n) is 11.0. The molecule has 6 aromatic rings. The first-order valence-corrected chi connectivity index (χ1v) is 16.9. The van der Waals surface area contributed by atoms with Gasteiger partial charge < -0.3 is 0 Å². The Balaban J connectivity index is 1.53. The Morgan fingerprint density at radius 3 is 1.58 bits per heavy atom. The molecule has 0 saturated heterocycles. The molecule has 2 heterocycles. The first-order chi connectivity index (χ1) is 17.3. The summed E-state index contributed by atoms with van der Waals surface area (Å²) in [4.78, 5) is 1.20. The van der Waals surface area contributed by atoms with E-state index >= 15 is 0 Å². The van der Waals surface area contributed by atoms with Gasteiger partial charge in [0.2, 0.25) is 0 Å². The fourth-order valence-corrected chi connectivity index (χ4v) is 13.7. The monoisotopic (exact) mass is 520 g/mol. The van der Waals surface area contributed by atoms with Gasteiger partial charge in [-0.25, -0.2) is 0 Å². The average Bonchev–Trinajstić information content (AvgIpc) is 3.50. The van der Waals surface area contributed by atoms with Crippen LogP contribution in [0.3, 0.4) is 0 Å². The molecule has 2 aromatic heterocycles. The third kappa shape index (κ3) is 3.46. The molecule has 0 aliphatic carbocycles. The van der Waals surface area contributed by atoms with Crippen LogP contribution in [0.4, 0.5) is 0 Å². The molecule has 0 unspecified atom stereocenters. The van der Waals surface area contributed by atoms with E-state index in [1.165, 1.54) is 57.4 Å². The van der Waals surface area contributed by atoms with Crippen LogP contribution in [0, 0.1) is 11.5 Å². The lowest BCUT2D eigenvalue weighted by Gasteiger charge is -2.38. The van der Waals surface area contributed by atoms with Crippen LogP contribution in [-0.2, 0) is 0 Å². The molecule has 180 valence electrons. The van der Waals surface area contributed by atoms with Crippen LogP contribution in [0.2, 0.25) is 16.6 Å². The van der Waals surface area contributed by atoms with Crippen molar-refractivity contribution in [1.29, 1.82) is 0 Å². The topological polar surface area (TPSA) is 0 Å². The highest BCUT2D eigenvalue weighted by Crippen LogP contribution is 2.42. The largest absolute Gasteiger partial charge is 0.146 e. The summed E-state index contributed by atoms with van der Waals surface area (Å²) < 4.78 is 2.69. The van der Waals surface area contributed by atoms with Gasteiger partial charge in [0.15, 0.2) is 0 Å². The average molecular weight is 521 g/mol. The normalized spacial score (nSPS) is 12.7. The van der Waals surface area contributed by atoms with Gasteiger partial charge in [-0.1, -0.05) is 83.9 Å². The van der Waals surface area contributed by atoms with Crippen molar-refractivity contribution in [3.05, 3.63) is 70.9 Å². The SMILES string of the molecule is CC(C)[Si](C#Cc1cc2c(ccc3c2ccc2c4ccc5sccc5c4ccc32)s1)(C(C)C)C(C)C. The van der Waals surface area contributed by atoms with Crippen LogP contribution >= 0.6 is 22.7 Å². The molecule has 0 spiro atoms. The van der Waals surface area contributed by atoms with E-state index in [9.17, 15) is 0 Å². The standard InChI is InChI=1S/C33H32S2Si/c1-20(2)36(21(3)4,22(5)6)18-16-23-19-31-29-10-8-24-25(27(29)12-14-33(31)35-23)7-9-28-26(24)11-13-32-30(28)15-17-34-32/h7-15,17,19-22H,1-6H3. The molecular formula is C33H32S2Si. The molecule has 3 heteroatoms. The van der Waals surface area contributed by atoms with Crippen molar-refractivity contribution in [3.63, 3.8) is 0 Å². The lowest BCUT2D eigenvalue weighted by molar-refractivity contribution is 0.838. The van der Waals surface area contributed by atoms with E-state index < -0.39 is 8.07 Å². The Hall–Kier alpha value is -2.64. The summed E-state index contributed by atoms with van der Waals surface area (Å²) in [6, 6.07) is 23.1. The van der Waals surface area contributed by atoms with Gasteiger partial charge in [-0.15, -0.1) is 28.2 Å². The molecule has 0 aliphatic heterocycles. The van der Waals surface area contributed by atoms with Crippen molar-refractivity contribution in [2.24, 2.45) is 0 Å². The predicted molar refractivity (Wildman–Crippen MR) is 168 cm³/mol. The fourth-order valence-electron chi connectivity index (χ4n) is 6.68. The molecule has 36 heavy (non-hydrogen) atoms. The second-order valence-corrected chi connectivity index (χ2v) is 18.7. The van der Waals surface area contributed by atoms with Gasteiger partial charge in [-0.05, 0) is 78.6 Å². The third-order valence-corrected chi connectivity index (χ3v) is 16.6. The Bertz CT molecular complexity index is 1810. The summed E-state index contributed by atoms with van der Waals surface area (Å²) in [7, 11) is -1.74. The van der Waals surface area contributed by atoms with Crippen molar-refractivity contribution in [3.8, 4) is 11.5 Å². The van der Waals surface area contributed by atoms with Crippen molar-refractivity contribution in [2.75, 3.05) is 0 Å². The van der Waals surface area contributed by atoms with Gasteiger partial charge in [0.25, 0.3) is 0 Å². The summed E-state index contributed by atoms with van der Waals surface area (Å²) in [5.74, 6) is 3.69. The fraction of sp³-hybridized carbons (Fsp3) is 0.273. The quantitative estimate of drug-likeness (QED) is 0.124. The third-order valence-electron chi connectivity index (χ3n) is 8.39. The number of hydrogen-bond donors (Lipinski definition) is 0. The van der Waals surface area contributed by atoms with Crippen molar-refractivity contribution >= 4 is 83.2 Å². The molecule has 0 amide bonds. The van der Waals surface area contributed by atoms with E-state index in [0.717, 1.165) is 0 Å². The summed E-state index contributed by atoms with van der Waals surface area (Å²) in [5, 5.41) is 12.9. The highest BCUT2D eigenvalue weighted by molar-refractivity contribution is 7.19. The minimum Gasteiger partial charge on any atom is -0.144 e. The smallest absolute Gasteiger partial charge is 0.144 e. The molecule has 0 aliphatic rings. The first kappa shape index (κ1) is 23.7. The number of thiophene rings is 2. The van der Waals surface area contributed by atoms with Gasteiger partial charge in [-0.2, -0.15) is 0 Å². The maximum atomic E-state index is 3.92. The van der Waals surface area contributed by atoms with Gasteiger partial charge in [0, 0.05) is 20.2 Å². The van der Waals surface area contributed by atoms with Crippen molar-refractivity contribution in [2.45, 2.75) is 58.2 Å². The minimum atomic E-state index is -1.74. The molecule has 0 saturated carbocycles. The molecule has 0 fully saturated rings. The van der Waals surface area contributed by atoms with E-state index in [-0.39, 0.29) is 0 Å². The van der Waals surface area contributed by atoms with Gasteiger partial charge in [0.05, 0.1) is 4.88 Å². The van der Waals surface area contributed by atoms with E-state index in [0.29, 0.717) is 16.6 Å². The molecule has 6 rings (SSSR count). The molecule has 0 radical (unpaired) electrons. The zero-order chi connectivity index (χ0) is 25.2. The Kier molecular flexibility index (Phi) is 5.76. The number of fused-ring (bicyclic) bond motifs is 9. The van der Waals surface area contributed by atoms with Crippen molar-refractivity contribution < 1.29 is 0 Å². The maximum Gasteiger partial charge on any atom is 0.146 e. The maximum absolute atomic E-state index is 3.92. The van der Waals surface area contributed by atoms with Gasteiger partial charge in [-0.3, -0.25) is 0 Å². The second kappa shape index (κ2) is 8.73. The van der Waals surface area contributed by atoms with Gasteiger partial charge in [0.1, 0.15) is 8.07 Å². The van der Waals surface area contributed by atoms with Crippen LogP contribution in [-0.4, -0.2) is 8.07 Å².